The lowest BCUT2D eigenvalue weighted by atomic mass is 9.71. The third-order valence-corrected chi connectivity index (χ3v) is 6.22. The Morgan fingerprint density at radius 3 is 2.73 bits per heavy atom. The zero-order valence-electron chi connectivity index (χ0n) is 15.4. The summed E-state index contributed by atoms with van der Waals surface area (Å²) in [4.78, 5) is 12.9. The van der Waals surface area contributed by atoms with Crippen molar-refractivity contribution in [2.75, 3.05) is 13.1 Å². The van der Waals surface area contributed by atoms with Crippen molar-refractivity contribution in [1.82, 2.24) is 15.2 Å². The smallest absolute Gasteiger partial charge is 0.251 e. The Bertz CT molecular complexity index is 773. The van der Waals surface area contributed by atoms with Crippen LogP contribution in [0.15, 0.2) is 30.5 Å². The molecule has 3 N–H and O–H groups in total. The van der Waals surface area contributed by atoms with Crippen molar-refractivity contribution in [2.24, 2.45) is 11.8 Å². The highest BCUT2D eigenvalue weighted by Crippen LogP contribution is 2.36. The van der Waals surface area contributed by atoms with Crippen LogP contribution in [0.3, 0.4) is 0 Å². The molecule has 2 fully saturated rings. The van der Waals surface area contributed by atoms with Crippen LogP contribution in [0.4, 0.5) is 0 Å². The van der Waals surface area contributed by atoms with Crippen LogP contribution in [0, 0.1) is 11.8 Å². The van der Waals surface area contributed by atoms with Crippen molar-refractivity contribution >= 4 is 16.8 Å². The molecule has 1 aliphatic heterocycles. The van der Waals surface area contributed by atoms with Crippen LogP contribution in [0.5, 0.6) is 0 Å². The molecule has 5 heteroatoms. The van der Waals surface area contributed by atoms with Crippen molar-refractivity contribution in [3.8, 4) is 0 Å². The summed E-state index contributed by atoms with van der Waals surface area (Å²) < 4.78 is 2.19. The second-order valence-corrected chi connectivity index (χ2v) is 7.85. The number of aliphatic hydroxyl groups is 1. The van der Waals surface area contributed by atoms with Crippen LogP contribution >= 0.6 is 0 Å². The monoisotopic (exact) mass is 355 g/mol. The summed E-state index contributed by atoms with van der Waals surface area (Å²) in [6.45, 7) is 5.08. The van der Waals surface area contributed by atoms with Crippen LogP contribution < -0.4 is 10.6 Å². The Morgan fingerprint density at radius 2 is 2.04 bits per heavy atom. The van der Waals surface area contributed by atoms with Crippen molar-refractivity contribution in [1.29, 1.82) is 0 Å². The zero-order chi connectivity index (χ0) is 18.1. The number of hydrogen-bond acceptors (Lipinski definition) is 3. The number of rotatable bonds is 5. The first-order valence-corrected chi connectivity index (χ1v) is 9.94. The van der Waals surface area contributed by atoms with Crippen molar-refractivity contribution in [3.63, 3.8) is 0 Å². The topological polar surface area (TPSA) is 66.3 Å². The minimum atomic E-state index is -0.189. The molecule has 2 aliphatic rings. The van der Waals surface area contributed by atoms with Gasteiger partial charge in [-0.1, -0.05) is 0 Å². The van der Waals surface area contributed by atoms with E-state index in [4.69, 9.17) is 0 Å². The highest BCUT2D eigenvalue weighted by atomic mass is 16.3. The summed E-state index contributed by atoms with van der Waals surface area (Å²) >= 11 is 0. The molecule has 1 aromatic heterocycles. The number of nitrogens with zero attached hydrogens (tertiary/aromatic N) is 1. The highest BCUT2D eigenvalue weighted by molar-refractivity contribution is 5.98. The van der Waals surface area contributed by atoms with E-state index in [1.54, 1.807) is 0 Å². The Balaban J connectivity index is 1.51. The lowest BCUT2D eigenvalue weighted by Crippen LogP contribution is -2.52. The number of amides is 1. The molecule has 0 radical (unpaired) electrons. The minimum Gasteiger partial charge on any atom is -0.393 e. The van der Waals surface area contributed by atoms with Gasteiger partial charge in [-0.05, 0) is 81.8 Å². The SMILES string of the molecule is CCn1ccc2cc(C(=O)NC(C3CCNCC3)C3CC(O)C3)ccc21. The molecule has 4 rings (SSSR count). The molecule has 5 nitrogen and oxygen atoms in total. The van der Waals surface area contributed by atoms with Gasteiger partial charge in [-0.25, -0.2) is 0 Å². The summed E-state index contributed by atoms with van der Waals surface area (Å²) in [5, 5.41) is 17.6. The van der Waals surface area contributed by atoms with E-state index >= 15 is 0 Å². The molecule has 0 spiro atoms. The molecule has 0 bridgehead atoms. The maximum Gasteiger partial charge on any atom is 0.251 e. The maximum atomic E-state index is 12.9. The predicted molar refractivity (Wildman–Crippen MR) is 103 cm³/mol. The third kappa shape index (κ3) is 3.38. The van der Waals surface area contributed by atoms with Gasteiger partial charge in [-0.2, -0.15) is 0 Å². The number of aliphatic hydroxyl groups excluding tert-OH is 1. The van der Waals surface area contributed by atoms with E-state index in [1.165, 1.54) is 5.52 Å². The molecule has 2 aromatic rings. The fourth-order valence-electron chi connectivity index (χ4n) is 4.60. The van der Waals surface area contributed by atoms with Gasteiger partial charge in [-0.3, -0.25) is 4.79 Å². The summed E-state index contributed by atoms with van der Waals surface area (Å²) in [5.41, 5.74) is 1.89. The number of aromatic nitrogens is 1. The van der Waals surface area contributed by atoms with Crippen molar-refractivity contribution < 1.29 is 9.90 Å². The molecule has 1 saturated heterocycles. The Morgan fingerprint density at radius 1 is 1.27 bits per heavy atom. The van der Waals surface area contributed by atoms with E-state index in [2.05, 4.69) is 34.4 Å². The first-order valence-electron chi connectivity index (χ1n) is 9.94. The van der Waals surface area contributed by atoms with E-state index < -0.39 is 0 Å². The fraction of sp³-hybridized carbons (Fsp3) is 0.571. The zero-order valence-corrected chi connectivity index (χ0v) is 15.4. The number of carbonyl (C=O) groups excluding carboxylic acids is 1. The predicted octanol–water partition coefficient (Wildman–Crippen LogP) is 2.53. The van der Waals surface area contributed by atoms with Crippen LogP contribution in [0.2, 0.25) is 0 Å². The number of aryl methyl sites for hydroxylation is 1. The van der Waals surface area contributed by atoms with Crippen LogP contribution in [0.1, 0.15) is 43.0 Å². The molecule has 1 atom stereocenters. The average Bonchev–Trinajstić information content (AvgIpc) is 3.06. The average molecular weight is 355 g/mol. The number of carbonyl (C=O) groups is 1. The first-order chi connectivity index (χ1) is 12.7. The molecule has 1 aromatic carbocycles. The van der Waals surface area contributed by atoms with E-state index in [1.807, 2.05) is 18.2 Å². The van der Waals surface area contributed by atoms with Crippen LogP contribution in [-0.2, 0) is 6.54 Å². The van der Waals surface area contributed by atoms with Gasteiger partial charge in [0.25, 0.3) is 5.91 Å². The van der Waals surface area contributed by atoms with E-state index in [0.29, 0.717) is 11.8 Å². The largest absolute Gasteiger partial charge is 0.393 e. The Labute approximate surface area is 154 Å². The molecule has 26 heavy (non-hydrogen) atoms. The number of benzene rings is 1. The molecule has 1 saturated carbocycles. The molecule has 2 heterocycles. The number of nitrogens with one attached hydrogen (secondary N) is 2. The molecule has 1 unspecified atom stereocenters. The lowest BCUT2D eigenvalue weighted by Gasteiger charge is -2.43. The first kappa shape index (κ1) is 17.6. The maximum absolute atomic E-state index is 12.9. The number of hydrogen-bond donors (Lipinski definition) is 3. The van der Waals surface area contributed by atoms with Gasteiger partial charge in [0.15, 0.2) is 0 Å². The van der Waals surface area contributed by atoms with Crippen molar-refractivity contribution in [3.05, 3.63) is 36.0 Å². The summed E-state index contributed by atoms with van der Waals surface area (Å²) in [6, 6.07) is 8.21. The second kappa shape index (κ2) is 7.41. The van der Waals surface area contributed by atoms with Gasteiger partial charge < -0.3 is 20.3 Å². The number of fused-ring (bicyclic) bond motifs is 1. The van der Waals surface area contributed by atoms with E-state index in [9.17, 15) is 9.90 Å². The van der Waals surface area contributed by atoms with Crippen LogP contribution in [0.25, 0.3) is 10.9 Å². The summed E-state index contributed by atoms with van der Waals surface area (Å²) in [6.07, 6.45) is 5.69. The Kier molecular flexibility index (Phi) is 5.00. The van der Waals surface area contributed by atoms with E-state index in [0.717, 1.165) is 56.3 Å². The second-order valence-electron chi connectivity index (χ2n) is 7.85. The Hall–Kier alpha value is -1.85. The van der Waals surface area contributed by atoms with Crippen molar-refractivity contribution in [2.45, 2.75) is 51.3 Å². The molecule has 1 amide bonds. The fourth-order valence-corrected chi connectivity index (χ4v) is 4.60. The normalized spacial score (nSPS) is 25.0. The van der Waals surface area contributed by atoms with Gasteiger partial charge in [0, 0.05) is 35.2 Å². The van der Waals surface area contributed by atoms with Gasteiger partial charge in [-0.15, -0.1) is 0 Å². The van der Waals surface area contributed by atoms with Crippen LogP contribution in [-0.4, -0.2) is 40.8 Å². The van der Waals surface area contributed by atoms with Gasteiger partial charge >= 0.3 is 0 Å². The van der Waals surface area contributed by atoms with Gasteiger partial charge in [0.05, 0.1) is 6.10 Å². The van der Waals surface area contributed by atoms with E-state index in [-0.39, 0.29) is 18.1 Å². The summed E-state index contributed by atoms with van der Waals surface area (Å²) in [7, 11) is 0. The standard InChI is InChI=1S/C21H29N3O2/c1-2-24-10-7-15-11-16(3-4-19(15)24)21(26)23-20(17-12-18(25)13-17)14-5-8-22-9-6-14/h3-4,7,10-11,14,17-18,20,22,25H,2,5-6,8-9,12-13H2,1H3,(H,23,26). The quantitative estimate of drug-likeness (QED) is 0.772. The highest BCUT2D eigenvalue weighted by Gasteiger charge is 2.39. The van der Waals surface area contributed by atoms with Gasteiger partial charge in [0.1, 0.15) is 0 Å². The molecule has 140 valence electrons. The summed E-state index contributed by atoms with van der Waals surface area (Å²) in [5.74, 6) is 0.922. The molecular formula is C21H29N3O2. The minimum absolute atomic E-state index is 0.0149. The third-order valence-electron chi connectivity index (χ3n) is 6.22. The van der Waals surface area contributed by atoms with Gasteiger partial charge in [0.2, 0.25) is 0 Å². The molecule has 1 aliphatic carbocycles. The lowest BCUT2D eigenvalue weighted by molar-refractivity contribution is 0.00919. The number of piperidine rings is 1. The molecular weight excluding hydrogens is 326 g/mol.